The Kier molecular flexibility index (Phi) is 9.18. The summed E-state index contributed by atoms with van der Waals surface area (Å²) in [5.41, 5.74) is 6.76. The molecule has 1 aliphatic heterocycles. The van der Waals surface area contributed by atoms with E-state index in [4.69, 9.17) is 5.73 Å². The van der Waals surface area contributed by atoms with E-state index >= 15 is 0 Å². The standard InChI is InChI=1S/C17H25N3O2S.ClH/c1-23-12-9-15(18)17(22)20-10-7-13(8-11-20)16(21)19-14-5-3-2-4-6-14;/h2-6,13,15H,7-12,18H2,1H3,(H,19,21);1H. The van der Waals surface area contributed by atoms with Crippen molar-refractivity contribution in [2.75, 3.05) is 30.4 Å². The number of benzene rings is 1. The molecule has 0 saturated carbocycles. The molecule has 2 amide bonds. The average molecular weight is 372 g/mol. The molecule has 7 heteroatoms. The number of rotatable bonds is 6. The fraction of sp³-hybridized carbons (Fsp3) is 0.529. The third-order valence-corrected chi connectivity index (χ3v) is 4.81. The molecule has 5 nitrogen and oxygen atoms in total. The summed E-state index contributed by atoms with van der Waals surface area (Å²) >= 11 is 1.70. The largest absolute Gasteiger partial charge is 0.341 e. The van der Waals surface area contributed by atoms with Crippen LogP contribution in [0.1, 0.15) is 19.3 Å². The van der Waals surface area contributed by atoms with Crippen LogP contribution in [0, 0.1) is 5.92 Å². The lowest BCUT2D eigenvalue weighted by Crippen LogP contribution is -2.48. The van der Waals surface area contributed by atoms with Gasteiger partial charge in [0.15, 0.2) is 0 Å². The van der Waals surface area contributed by atoms with Crippen molar-refractivity contribution in [1.29, 1.82) is 0 Å². The molecule has 24 heavy (non-hydrogen) atoms. The lowest BCUT2D eigenvalue weighted by atomic mass is 9.95. The molecule has 1 fully saturated rings. The number of likely N-dealkylation sites (tertiary alicyclic amines) is 1. The van der Waals surface area contributed by atoms with Gasteiger partial charge in [0.05, 0.1) is 6.04 Å². The zero-order valence-electron chi connectivity index (χ0n) is 13.9. The minimum Gasteiger partial charge on any atom is -0.341 e. The quantitative estimate of drug-likeness (QED) is 0.804. The van der Waals surface area contributed by atoms with E-state index in [2.05, 4.69) is 5.32 Å². The molecule has 2 rings (SSSR count). The van der Waals surface area contributed by atoms with E-state index in [0.717, 1.165) is 11.4 Å². The number of hydrogen-bond donors (Lipinski definition) is 2. The van der Waals surface area contributed by atoms with Crippen molar-refractivity contribution in [2.24, 2.45) is 11.7 Å². The van der Waals surface area contributed by atoms with Crippen molar-refractivity contribution in [3.05, 3.63) is 30.3 Å². The summed E-state index contributed by atoms with van der Waals surface area (Å²) in [4.78, 5) is 26.3. The lowest BCUT2D eigenvalue weighted by Gasteiger charge is -2.33. The van der Waals surface area contributed by atoms with Crippen molar-refractivity contribution in [3.8, 4) is 0 Å². The van der Waals surface area contributed by atoms with Gasteiger partial charge in [0, 0.05) is 24.7 Å². The van der Waals surface area contributed by atoms with Gasteiger partial charge in [0.1, 0.15) is 0 Å². The summed E-state index contributed by atoms with van der Waals surface area (Å²) < 4.78 is 0. The van der Waals surface area contributed by atoms with E-state index in [1.165, 1.54) is 0 Å². The zero-order valence-corrected chi connectivity index (χ0v) is 15.6. The first-order valence-electron chi connectivity index (χ1n) is 8.01. The van der Waals surface area contributed by atoms with Crippen LogP contribution in [0.4, 0.5) is 5.69 Å². The van der Waals surface area contributed by atoms with Gasteiger partial charge in [-0.2, -0.15) is 11.8 Å². The maximum absolute atomic E-state index is 12.3. The third kappa shape index (κ3) is 6.00. The van der Waals surface area contributed by atoms with Crippen LogP contribution in [-0.2, 0) is 9.59 Å². The molecule has 0 spiro atoms. The van der Waals surface area contributed by atoms with E-state index in [0.29, 0.717) is 32.4 Å². The number of nitrogens with one attached hydrogen (secondary N) is 1. The van der Waals surface area contributed by atoms with Gasteiger partial charge in [0.25, 0.3) is 0 Å². The smallest absolute Gasteiger partial charge is 0.239 e. The molecule has 1 heterocycles. The monoisotopic (exact) mass is 371 g/mol. The van der Waals surface area contributed by atoms with E-state index in [9.17, 15) is 9.59 Å². The van der Waals surface area contributed by atoms with Crippen molar-refractivity contribution < 1.29 is 9.59 Å². The van der Waals surface area contributed by atoms with Gasteiger partial charge >= 0.3 is 0 Å². The van der Waals surface area contributed by atoms with E-state index in [1.807, 2.05) is 36.6 Å². The number of para-hydroxylation sites is 1. The summed E-state index contributed by atoms with van der Waals surface area (Å²) in [6.45, 7) is 1.22. The number of hydrogen-bond acceptors (Lipinski definition) is 4. The van der Waals surface area contributed by atoms with Gasteiger partial charge in [-0.15, -0.1) is 12.4 Å². The Balaban J connectivity index is 0.00000288. The van der Waals surface area contributed by atoms with E-state index in [1.54, 1.807) is 16.7 Å². The first-order chi connectivity index (χ1) is 11.1. The van der Waals surface area contributed by atoms with E-state index < -0.39 is 6.04 Å². The van der Waals surface area contributed by atoms with Crippen LogP contribution in [-0.4, -0.2) is 47.9 Å². The first kappa shape index (κ1) is 20.8. The normalized spacial score (nSPS) is 16.2. The van der Waals surface area contributed by atoms with Crippen LogP contribution in [0.2, 0.25) is 0 Å². The predicted molar refractivity (Wildman–Crippen MR) is 103 cm³/mol. The lowest BCUT2D eigenvalue weighted by molar-refractivity contribution is -0.135. The number of carbonyl (C=O) groups is 2. The SMILES string of the molecule is CSCCC(N)C(=O)N1CCC(C(=O)Nc2ccccc2)CC1.Cl. The molecule has 1 aromatic carbocycles. The van der Waals surface area contributed by atoms with Gasteiger partial charge in [-0.05, 0) is 43.4 Å². The van der Waals surface area contributed by atoms with Crippen LogP contribution >= 0.6 is 24.2 Å². The summed E-state index contributed by atoms with van der Waals surface area (Å²) in [5.74, 6) is 0.903. The molecular weight excluding hydrogens is 346 g/mol. The van der Waals surface area contributed by atoms with Crippen LogP contribution in [0.25, 0.3) is 0 Å². The second-order valence-electron chi connectivity index (χ2n) is 5.84. The summed E-state index contributed by atoms with van der Waals surface area (Å²) in [7, 11) is 0. The summed E-state index contributed by atoms with van der Waals surface area (Å²) in [6.07, 6.45) is 4.10. The number of nitrogens with zero attached hydrogens (tertiary/aromatic N) is 1. The van der Waals surface area contributed by atoms with Crippen molar-refractivity contribution >= 4 is 41.7 Å². The summed E-state index contributed by atoms with van der Waals surface area (Å²) in [5, 5.41) is 2.94. The molecule has 0 radical (unpaired) electrons. The molecule has 1 unspecified atom stereocenters. The molecule has 0 bridgehead atoms. The molecule has 1 aromatic rings. The number of halogens is 1. The Labute approximate surface area is 154 Å². The van der Waals surface area contributed by atoms with Gasteiger partial charge in [0.2, 0.25) is 11.8 Å². The highest BCUT2D eigenvalue weighted by molar-refractivity contribution is 7.98. The molecule has 1 aliphatic rings. The second kappa shape index (κ2) is 10.6. The zero-order chi connectivity index (χ0) is 16.7. The second-order valence-corrected chi connectivity index (χ2v) is 6.83. The summed E-state index contributed by atoms with van der Waals surface area (Å²) in [6, 6.07) is 9.04. The topological polar surface area (TPSA) is 75.4 Å². The molecule has 1 saturated heterocycles. The van der Waals surface area contributed by atoms with Crippen molar-refractivity contribution in [3.63, 3.8) is 0 Å². The maximum atomic E-state index is 12.3. The Bertz CT molecular complexity index is 522. The van der Waals surface area contributed by atoms with Gasteiger partial charge < -0.3 is 16.0 Å². The third-order valence-electron chi connectivity index (χ3n) is 4.17. The Morgan fingerprint density at radius 1 is 1.29 bits per heavy atom. The predicted octanol–water partition coefficient (Wildman–Crippen LogP) is 2.37. The highest BCUT2D eigenvalue weighted by Crippen LogP contribution is 2.20. The molecule has 1 atom stereocenters. The fourth-order valence-corrected chi connectivity index (χ4v) is 3.22. The molecule has 0 aliphatic carbocycles. The number of piperidine rings is 1. The van der Waals surface area contributed by atoms with E-state index in [-0.39, 0.29) is 30.1 Å². The van der Waals surface area contributed by atoms with Gasteiger partial charge in [-0.1, -0.05) is 18.2 Å². The number of carbonyl (C=O) groups excluding carboxylic acids is 2. The van der Waals surface area contributed by atoms with Crippen molar-refractivity contribution in [2.45, 2.75) is 25.3 Å². The first-order valence-corrected chi connectivity index (χ1v) is 9.40. The molecule has 134 valence electrons. The van der Waals surface area contributed by atoms with Gasteiger partial charge in [-0.25, -0.2) is 0 Å². The molecule has 3 N–H and O–H groups in total. The minimum atomic E-state index is -0.419. The molecular formula is C17H26ClN3O2S. The highest BCUT2D eigenvalue weighted by atomic mass is 35.5. The minimum absolute atomic E-state index is 0. The number of anilines is 1. The number of amides is 2. The average Bonchev–Trinajstić information content (AvgIpc) is 2.60. The Morgan fingerprint density at radius 3 is 2.50 bits per heavy atom. The Morgan fingerprint density at radius 2 is 1.92 bits per heavy atom. The van der Waals surface area contributed by atoms with Crippen LogP contribution in [0.3, 0.4) is 0 Å². The van der Waals surface area contributed by atoms with Crippen LogP contribution in [0.5, 0.6) is 0 Å². The number of thioether (sulfide) groups is 1. The molecule has 0 aromatic heterocycles. The highest BCUT2D eigenvalue weighted by Gasteiger charge is 2.29. The number of nitrogens with two attached hydrogens (primary N) is 1. The van der Waals surface area contributed by atoms with Crippen LogP contribution in [0.15, 0.2) is 30.3 Å². The Hall–Kier alpha value is -1.24. The maximum Gasteiger partial charge on any atom is 0.239 e. The fourth-order valence-electron chi connectivity index (χ4n) is 2.73. The van der Waals surface area contributed by atoms with Crippen molar-refractivity contribution in [1.82, 2.24) is 4.90 Å². The van der Waals surface area contributed by atoms with Crippen LogP contribution < -0.4 is 11.1 Å². The van der Waals surface area contributed by atoms with Gasteiger partial charge in [-0.3, -0.25) is 9.59 Å².